The molecule has 0 spiro atoms. The van der Waals surface area contributed by atoms with Gasteiger partial charge in [-0.1, -0.05) is 6.42 Å². The fourth-order valence-corrected chi connectivity index (χ4v) is 4.50. The molecule has 2 fully saturated rings. The largest absolute Gasteiger partial charge is 0.382 e. The van der Waals surface area contributed by atoms with E-state index in [-0.39, 0.29) is 36.1 Å². The standard InChI is InChI=1S/C14H20N4O4S/c19-11(15-6-8-5-12(20)18-22-8)4-2-1-3-10-13-9(7-23-10)16-14(21)17-13/h5,9-10,13H,1-4,6-7H2,(H,15,19)(H,18,20)(H2,16,17,21)/t9-,10-,13-/m0/s1. The lowest BCUT2D eigenvalue weighted by molar-refractivity contribution is -0.121. The highest BCUT2D eigenvalue weighted by atomic mass is 32.2. The van der Waals surface area contributed by atoms with Gasteiger partial charge in [-0.15, -0.1) is 0 Å². The van der Waals surface area contributed by atoms with E-state index < -0.39 is 0 Å². The van der Waals surface area contributed by atoms with E-state index in [9.17, 15) is 14.4 Å². The zero-order valence-electron chi connectivity index (χ0n) is 12.6. The van der Waals surface area contributed by atoms with Crippen molar-refractivity contribution in [1.82, 2.24) is 21.1 Å². The van der Waals surface area contributed by atoms with Crippen LogP contribution in [0.3, 0.4) is 0 Å². The Kier molecular flexibility index (Phi) is 4.94. The predicted molar refractivity (Wildman–Crippen MR) is 85.1 cm³/mol. The number of H-pyrrole nitrogens is 1. The minimum Gasteiger partial charge on any atom is -0.382 e. The third-order valence-electron chi connectivity index (χ3n) is 4.12. The predicted octanol–water partition coefficient (Wildman–Crippen LogP) is 0.310. The first-order chi connectivity index (χ1) is 11.1. The Morgan fingerprint density at radius 2 is 2.22 bits per heavy atom. The number of aromatic amines is 1. The highest BCUT2D eigenvalue weighted by Crippen LogP contribution is 2.33. The SMILES string of the molecule is O=C(CCCC[C@@H]1SC[C@@H]2NC(=O)N[C@@H]21)NCc1cc(=O)[nH]o1. The van der Waals surface area contributed by atoms with Crippen molar-refractivity contribution < 1.29 is 14.1 Å². The van der Waals surface area contributed by atoms with E-state index in [4.69, 9.17) is 4.52 Å². The fourth-order valence-electron chi connectivity index (χ4n) is 2.96. The molecule has 3 rings (SSSR count). The van der Waals surface area contributed by atoms with Crippen LogP contribution in [0.5, 0.6) is 0 Å². The molecular formula is C14H20N4O4S. The van der Waals surface area contributed by atoms with Crippen molar-refractivity contribution in [2.75, 3.05) is 5.75 Å². The molecule has 0 saturated carbocycles. The summed E-state index contributed by atoms with van der Waals surface area (Å²) in [4.78, 5) is 33.9. The van der Waals surface area contributed by atoms with Crippen molar-refractivity contribution in [2.24, 2.45) is 0 Å². The Balaban J connectivity index is 1.30. The molecule has 4 N–H and O–H groups in total. The summed E-state index contributed by atoms with van der Waals surface area (Å²) in [5.74, 6) is 1.32. The lowest BCUT2D eigenvalue weighted by atomic mass is 10.0. The van der Waals surface area contributed by atoms with Gasteiger partial charge in [0.05, 0.1) is 18.6 Å². The molecule has 0 unspecified atom stereocenters. The van der Waals surface area contributed by atoms with E-state index >= 15 is 0 Å². The maximum atomic E-state index is 11.7. The van der Waals surface area contributed by atoms with Crippen LogP contribution in [0, 0.1) is 0 Å². The van der Waals surface area contributed by atoms with Crippen molar-refractivity contribution in [3.8, 4) is 0 Å². The van der Waals surface area contributed by atoms with Gasteiger partial charge >= 0.3 is 6.03 Å². The van der Waals surface area contributed by atoms with Crippen LogP contribution in [-0.2, 0) is 11.3 Å². The van der Waals surface area contributed by atoms with Crippen LogP contribution in [0.25, 0.3) is 0 Å². The molecule has 1 aromatic heterocycles. The van der Waals surface area contributed by atoms with Crippen LogP contribution in [0.15, 0.2) is 15.4 Å². The molecule has 1 aromatic rings. The maximum absolute atomic E-state index is 11.7. The van der Waals surface area contributed by atoms with Crippen molar-refractivity contribution in [2.45, 2.75) is 49.6 Å². The third-order valence-corrected chi connectivity index (χ3v) is 5.62. The van der Waals surface area contributed by atoms with E-state index in [1.165, 1.54) is 6.07 Å². The monoisotopic (exact) mass is 340 g/mol. The number of rotatable bonds is 7. The number of fused-ring (bicyclic) bond motifs is 1. The number of carbonyl (C=O) groups is 2. The van der Waals surface area contributed by atoms with Crippen LogP contribution >= 0.6 is 11.8 Å². The van der Waals surface area contributed by atoms with Gasteiger partial charge in [-0.05, 0) is 12.8 Å². The van der Waals surface area contributed by atoms with Crippen molar-refractivity contribution in [1.29, 1.82) is 0 Å². The van der Waals surface area contributed by atoms with Gasteiger partial charge in [0, 0.05) is 23.5 Å². The fraction of sp³-hybridized carbons (Fsp3) is 0.643. The first kappa shape index (κ1) is 16.0. The second kappa shape index (κ2) is 7.12. The van der Waals surface area contributed by atoms with Gasteiger partial charge in [0.1, 0.15) is 0 Å². The lowest BCUT2D eigenvalue weighted by Crippen LogP contribution is -2.36. The topological polar surface area (TPSA) is 116 Å². The maximum Gasteiger partial charge on any atom is 0.315 e. The first-order valence-corrected chi connectivity index (χ1v) is 8.79. The zero-order valence-corrected chi connectivity index (χ0v) is 13.4. The Bertz CT molecular complexity index is 628. The lowest BCUT2D eigenvalue weighted by Gasteiger charge is -2.16. The molecule has 2 aliphatic heterocycles. The van der Waals surface area contributed by atoms with Crippen LogP contribution < -0.4 is 21.5 Å². The average Bonchev–Trinajstić information content (AvgIpc) is 3.18. The first-order valence-electron chi connectivity index (χ1n) is 7.74. The number of thioether (sulfide) groups is 1. The Morgan fingerprint density at radius 3 is 3.00 bits per heavy atom. The molecule has 0 bridgehead atoms. The molecular weight excluding hydrogens is 320 g/mol. The number of unbranched alkanes of at least 4 members (excludes halogenated alkanes) is 1. The summed E-state index contributed by atoms with van der Waals surface area (Å²) in [7, 11) is 0. The van der Waals surface area contributed by atoms with Gasteiger partial charge < -0.3 is 20.5 Å². The average molecular weight is 340 g/mol. The Hall–Kier alpha value is -1.90. The highest BCUT2D eigenvalue weighted by Gasteiger charge is 2.42. The summed E-state index contributed by atoms with van der Waals surface area (Å²) < 4.78 is 4.86. The van der Waals surface area contributed by atoms with E-state index in [1.807, 2.05) is 11.8 Å². The second-order valence-corrected chi connectivity index (χ2v) is 7.10. The molecule has 3 heterocycles. The molecule has 23 heavy (non-hydrogen) atoms. The summed E-state index contributed by atoms with van der Waals surface area (Å²) in [6.45, 7) is 0.220. The van der Waals surface area contributed by atoms with Gasteiger partial charge in [0.15, 0.2) is 5.76 Å². The van der Waals surface area contributed by atoms with Crippen LogP contribution in [0.4, 0.5) is 4.79 Å². The Labute approximate surface area is 137 Å². The van der Waals surface area contributed by atoms with Gasteiger partial charge in [-0.3, -0.25) is 9.59 Å². The van der Waals surface area contributed by atoms with Crippen LogP contribution in [0.1, 0.15) is 31.4 Å². The number of nitrogens with one attached hydrogen (secondary N) is 4. The number of amides is 3. The van der Waals surface area contributed by atoms with E-state index in [1.54, 1.807) is 0 Å². The normalized spacial score (nSPS) is 25.7. The number of hydrogen-bond acceptors (Lipinski definition) is 5. The van der Waals surface area contributed by atoms with Crippen LogP contribution in [0.2, 0.25) is 0 Å². The molecule has 9 heteroatoms. The van der Waals surface area contributed by atoms with E-state index in [2.05, 4.69) is 21.1 Å². The van der Waals surface area contributed by atoms with Gasteiger partial charge in [-0.25, -0.2) is 4.79 Å². The third kappa shape index (κ3) is 4.10. The molecule has 0 aliphatic carbocycles. The summed E-state index contributed by atoms with van der Waals surface area (Å²) in [6.07, 6.45) is 3.20. The molecule has 8 nitrogen and oxygen atoms in total. The summed E-state index contributed by atoms with van der Waals surface area (Å²) in [5.41, 5.74) is -0.310. The summed E-state index contributed by atoms with van der Waals surface area (Å²) in [6, 6.07) is 1.72. The van der Waals surface area contributed by atoms with Crippen molar-refractivity contribution in [3.05, 3.63) is 22.2 Å². The quantitative estimate of drug-likeness (QED) is 0.421. The molecule has 3 amide bonds. The zero-order chi connectivity index (χ0) is 16.2. The van der Waals surface area contributed by atoms with E-state index in [0.717, 1.165) is 25.0 Å². The van der Waals surface area contributed by atoms with Gasteiger partial charge in [-0.2, -0.15) is 16.9 Å². The summed E-state index contributed by atoms with van der Waals surface area (Å²) >= 11 is 1.88. The minimum atomic E-state index is -0.310. The van der Waals surface area contributed by atoms with Gasteiger partial charge in [0.2, 0.25) is 5.91 Å². The molecule has 0 aromatic carbocycles. The highest BCUT2D eigenvalue weighted by molar-refractivity contribution is 8.00. The van der Waals surface area contributed by atoms with Crippen LogP contribution in [-0.4, -0.2) is 40.2 Å². The molecule has 3 atom stereocenters. The number of aromatic nitrogens is 1. The molecule has 0 radical (unpaired) electrons. The molecule has 126 valence electrons. The molecule has 2 aliphatic rings. The summed E-state index contributed by atoms with van der Waals surface area (Å²) in [5, 5.41) is 11.2. The Morgan fingerprint density at radius 1 is 1.35 bits per heavy atom. The van der Waals surface area contributed by atoms with Crippen molar-refractivity contribution in [3.63, 3.8) is 0 Å². The van der Waals surface area contributed by atoms with E-state index in [0.29, 0.717) is 17.4 Å². The second-order valence-electron chi connectivity index (χ2n) is 5.82. The molecule has 2 saturated heterocycles. The smallest absolute Gasteiger partial charge is 0.315 e. The number of urea groups is 1. The number of hydrogen-bond donors (Lipinski definition) is 4. The van der Waals surface area contributed by atoms with Gasteiger partial charge in [0.25, 0.3) is 5.56 Å². The number of carbonyl (C=O) groups excluding carboxylic acids is 2. The minimum absolute atomic E-state index is 0.0540. The van der Waals surface area contributed by atoms with Crippen molar-refractivity contribution >= 4 is 23.7 Å².